The van der Waals surface area contributed by atoms with E-state index in [9.17, 15) is 0 Å². The van der Waals surface area contributed by atoms with E-state index >= 15 is 0 Å². The van der Waals surface area contributed by atoms with Crippen LogP contribution in [0.15, 0.2) is 128 Å². The monoisotopic (exact) mass is 539 g/mol. The Hall–Kier alpha value is -4.37. The van der Waals surface area contributed by atoms with Gasteiger partial charge >= 0.3 is 221 Å². The summed E-state index contributed by atoms with van der Waals surface area (Å²) in [5, 5.41) is 14.9. The number of hydrogen-bond donors (Lipinski definition) is 0. The molecular weight excluding hydrogens is 517 g/mol. The number of benzene rings is 5. The van der Waals surface area contributed by atoms with Crippen LogP contribution in [0.5, 0.6) is 0 Å². The molecule has 37 heavy (non-hydrogen) atoms. The number of aromatic nitrogens is 3. The molecule has 0 saturated carbocycles. The van der Waals surface area contributed by atoms with Crippen LogP contribution in [0.4, 0.5) is 0 Å². The molecule has 174 valence electrons. The Morgan fingerprint density at radius 3 is 2.00 bits per heavy atom. The maximum atomic E-state index is 4.38. The molecule has 0 aliphatic carbocycles. The molecule has 0 N–H and O–H groups in total. The van der Waals surface area contributed by atoms with Gasteiger partial charge in [-0.2, -0.15) is 0 Å². The summed E-state index contributed by atoms with van der Waals surface area (Å²) in [5.74, 6) is 0. The van der Waals surface area contributed by atoms with Crippen molar-refractivity contribution in [3.05, 3.63) is 128 Å². The van der Waals surface area contributed by atoms with Crippen LogP contribution < -0.4 is 0 Å². The van der Waals surface area contributed by atoms with E-state index in [0.717, 1.165) is 16.8 Å². The van der Waals surface area contributed by atoms with Crippen molar-refractivity contribution < 1.29 is 0 Å². The van der Waals surface area contributed by atoms with Crippen molar-refractivity contribution in [1.29, 1.82) is 0 Å². The van der Waals surface area contributed by atoms with Crippen LogP contribution in [0, 0.1) is 0 Å². The predicted octanol–water partition coefficient (Wildman–Crippen LogP) is 7.90. The Morgan fingerprint density at radius 2 is 1.19 bits per heavy atom. The standard InChI is InChI=1S/C33H21N3Se/c1-2-10-22(11-3-1)23-12-4-5-13-24(23)27-18-19-31-33(28-16-8-9-17-30(28)37-31)32(27)26-15-7-6-14-25(26)29-20-21-34-36-35-29/h1-21H. The van der Waals surface area contributed by atoms with Crippen molar-refractivity contribution in [3.63, 3.8) is 0 Å². The third-order valence-electron chi connectivity index (χ3n) is 6.82. The molecule has 0 saturated heterocycles. The Labute approximate surface area is 220 Å². The first kappa shape index (κ1) is 21.9. The Morgan fingerprint density at radius 1 is 0.486 bits per heavy atom. The van der Waals surface area contributed by atoms with E-state index in [2.05, 4.69) is 131 Å². The minimum absolute atomic E-state index is 0.267. The zero-order valence-electron chi connectivity index (χ0n) is 19.9. The average molecular weight is 539 g/mol. The van der Waals surface area contributed by atoms with Gasteiger partial charge in [-0.25, -0.2) is 0 Å². The third-order valence-corrected chi connectivity index (χ3v) is 9.20. The normalized spacial score (nSPS) is 11.2. The van der Waals surface area contributed by atoms with Crippen LogP contribution in [0.2, 0.25) is 0 Å². The van der Waals surface area contributed by atoms with Crippen LogP contribution in [-0.4, -0.2) is 29.9 Å². The molecule has 5 aromatic carbocycles. The van der Waals surface area contributed by atoms with Crippen LogP contribution in [-0.2, 0) is 0 Å². The van der Waals surface area contributed by atoms with Gasteiger partial charge in [0.1, 0.15) is 0 Å². The van der Waals surface area contributed by atoms with Crippen LogP contribution in [0.25, 0.3) is 63.9 Å². The van der Waals surface area contributed by atoms with Gasteiger partial charge in [0.25, 0.3) is 0 Å². The molecule has 0 atom stereocenters. The van der Waals surface area contributed by atoms with E-state index < -0.39 is 0 Å². The van der Waals surface area contributed by atoms with Crippen LogP contribution in [0.3, 0.4) is 0 Å². The van der Waals surface area contributed by atoms with Crippen LogP contribution in [0.1, 0.15) is 0 Å². The molecule has 0 radical (unpaired) electrons. The van der Waals surface area contributed by atoms with Gasteiger partial charge in [0.15, 0.2) is 0 Å². The van der Waals surface area contributed by atoms with Gasteiger partial charge in [0, 0.05) is 0 Å². The summed E-state index contributed by atoms with van der Waals surface area (Å²) >= 11 is 0.267. The molecule has 4 heteroatoms. The first-order valence-electron chi connectivity index (χ1n) is 12.2. The molecule has 0 amide bonds. The van der Waals surface area contributed by atoms with E-state index in [-0.39, 0.29) is 14.5 Å². The van der Waals surface area contributed by atoms with Crippen molar-refractivity contribution in [3.8, 4) is 44.6 Å². The second-order valence-corrected chi connectivity index (χ2v) is 11.2. The fourth-order valence-corrected chi connectivity index (χ4v) is 7.55. The zero-order chi connectivity index (χ0) is 24.6. The second kappa shape index (κ2) is 9.25. The van der Waals surface area contributed by atoms with Gasteiger partial charge in [0.05, 0.1) is 0 Å². The molecular formula is C33H21N3Se. The average Bonchev–Trinajstić information content (AvgIpc) is 3.36. The summed E-state index contributed by atoms with van der Waals surface area (Å²) in [4.78, 5) is 0. The minimum atomic E-state index is 0.267. The topological polar surface area (TPSA) is 38.7 Å². The Bertz CT molecular complexity index is 1880. The fourth-order valence-electron chi connectivity index (χ4n) is 5.22. The van der Waals surface area contributed by atoms with Gasteiger partial charge in [-0.3, -0.25) is 0 Å². The molecule has 3 nitrogen and oxygen atoms in total. The summed E-state index contributed by atoms with van der Waals surface area (Å²) < 4.78 is 2.85. The number of fused-ring (bicyclic) bond motifs is 3. The summed E-state index contributed by atoms with van der Waals surface area (Å²) in [6.45, 7) is 0. The van der Waals surface area contributed by atoms with E-state index in [1.54, 1.807) is 6.20 Å². The molecule has 7 rings (SSSR count). The van der Waals surface area contributed by atoms with Crippen molar-refractivity contribution in [2.24, 2.45) is 0 Å². The van der Waals surface area contributed by atoms with Crippen LogP contribution >= 0.6 is 0 Å². The van der Waals surface area contributed by atoms with Gasteiger partial charge in [-0.15, -0.1) is 0 Å². The predicted molar refractivity (Wildman–Crippen MR) is 154 cm³/mol. The number of hydrogen-bond acceptors (Lipinski definition) is 3. The second-order valence-electron chi connectivity index (χ2n) is 8.92. The first-order valence-corrected chi connectivity index (χ1v) is 13.9. The van der Waals surface area contributed by atoms with E-state index in [4.69, 9.17) is 0 Å². The maximum absolute atomic E-state index is 4.38. The number of rotatable bonds is 4. The molecule has 2 aromatic heterocycles. The van der Waals surface area contributed by atoms with Crippen molar-refractivity contribution in [2.45, 2.75) is 0 Å². The van der Waals surface area contributed by atoms with Crippen molar-refractivity contribution in [1.82, 2.24) is 15.4 Å². The SMILES string of the molecule is c1ccc(-c2ccccc2-c2ccc3[se]c4ccccc4c3c2-c2ccccc2-c2ccnnn2)cc1. The quantitative estimate of drug-likeness (QED) is 0.214. The molecule has 0 bridgehead atoms. The van der Waals surface area contributed by atoms with Crippen molar-refractivity contribution >= 4 is 33.8 Å². The first-order chi connectivity index (χ1) is 18.4. The van der Waals surface area contributed by atoms with Gasteiger partial charge < -0.3 is 0 Å². The molecule has 0 spiro atoms. The van der Waals surface area contributed by atoms with E-state index in [1.807, 2.05) is 6.07 Å². The zero-order valence-corrected chi connectivity index (χ0v) is 21.6. The summed E-state index contributed by atoms with van der Waals surface area (Å²) in [6, 6.07) is 43.3. The summed E-state index contributed by atoms with van der Waals surface area (Å²) in [5.41, 5.74) is 9.17. The molecule has 0 aliphatic rings. The van der Waals surface area contributed by atoms with Crippen molar-refractivity contribution in [2.75, 3.05) is 0 Å². The Balaban J connectivity index is 1.62. The molecule has 0 fully saturated rings. The van der Waals surface area contributed by atoms with E-state index in [0.29, 0.717) is 0 Å². The molecule has 7 aromatic rings. The third kappa shape index (κ3) is 3.79. The van der Waals surface area contributed by atoms with Gasteiger partial charge in [-0.05, 0) is 0 Å². The number of nitrogens with zero attached hydrogens (tertiary/aromatic N) is 3. The summed E-state index contributed by atoms with van der Waals surface area (Å²) in [6.07, 6.45) is 1.71. The summed E-state index contributed by atoms with van der Waals surface area (Å²) in [7, 11) is 0. The van der Waals surface area contributed by atoms with Gasteiger partial charge in [-0.1, -0.05) is 0 Å². The van der Waals surface area contributed by atoms with Gasteiger partial charge in [0.2, 0.25) is 0 Å². The van der Waals surface area contributed by atoms with E-state index in [1.165, 1.54) is 47.1 Å². The molecule has 0 aliphatic heterocycles. The Kier molecular flexibility index (Phi) is 5.47. The molecule has 2 heterocycles. The molecule has 0 unspecified atom stereocenters. The fraction of sp³-hybridized carbons (Fsp3) is 0.